The molecule has 0 aliphatic carbocycles. The lowest BCUT2D eigenvalue weighted by Gasteiger charge is -2.12. The molecule has 0 saturated carbocycles. The lowest BCUT2D eigenvalue weighted by molar-refractivity contribution is -0.122. The maximum absolute atomic E-state index is 11.9. The van der Waals surface area contributed by atoms with E-state index >= 15 is 0 Å². The van der Waals surface area contributed by atoms with Crippen LogP contribution in [0.15, 0.2) is 54.6 Å². The number of nitrogens with one attached hydrogen (secondary N) is 1. The molecule has 1 amide bonds. The van der Waals surface area contributed by atoms with Crippen molar-refractivity contribution in [3.8, 4) is 0 Å². The number of amides is 1. The van der Waals surface area contributed by atoms with Gasteiger partial charge in [-0.25, -0.2) is 0 Å². The number of hydrogen-bond acceptors (Lipinski definition) is 2. The van der Waals surface area contributed by atoms with Crippen molar-refractivity contribution in [3.63, 3.8) is 0 Å². The zero-order valence-electron chi connectivity index (χ0n) is 11.1. The van der Waals surface area contributed by atoms with E-state index in [1.807, 2.05) is 54.6 Å². The molecule has 0 aliphatic rings. The third-order valence-corrected chi connectivity index (χ3v) is 3.28. The molecule has 0 bridgehead atoms. The molecule has 0 fully saturated rings. The molecular weight excluding hydrogens is 272 g/mol. The number of rotatable bonds is 5. The quantitative estimate of drug-likeness (QED) is 0.889. The van der Waals surface area contributed by atoms with Gasteiger partial charge >= 0.3 is 0 Å². The molecule has 0 radical (unpaired) electrons. The van der Waals surface area contributed by atoms with E-state index in [9.17, 15) is 4.79 Å². The highest BCUT2D eigenvalue weighted by Crippen LogP contribution is 2.11. The molecule has 0 heterocycles. The van der Waals surface area contributed by atoms with Crippen LogP contribution in [0.3, 0.4) is 0 Å². The molecule has 0 spiro atoms. The second-order valence-electron chi connectivity index (χ2n) is 4.56. The first-order valence-corrected chi connectivity index (χ1v) is 6.87. The normalized spacial score (nSPS) is 11.9. The summed E-state index contributed by atoms with van der Waals surface area (Å²) in [6.07, 6.45) is 0.730. The summed E-state index contributed by atoms with van der Waals surface area (Å²) in [5.74, 6) is -0.168. The van der Waals surface area contributed by atoms with Gasteiger partial charge in [0.25, 0.3) is 0 Å². The summed E-state index contributed by atoms with van der Waals surface area (Å²) in [6.45, 7) is 0.541. The van der Waals surface area contributed by atoms with Crippen LogP contribution in [0.4, 0.5) is 0 Å². The van der Waals surface area contributed by atoms with Crippen molar-refractivity contribution in [2.45, 2.75) is 12.5 Å². The van der Waals surface area contributed by atoms with Gasteiger partial charge in [-0.2, -0.15) is 0 Å². The molecule has 2 aromatic carbocycles. The fraction of sp³-hybridized carbons (Fsp3) is 0.188. The van der Waals surface area contributed by atoms with E-state index in [0.29, 0.717) is 11.6 Å². The Morgan fingerprint density at radius 2 is 1.90 bits per heavy atom. The van der Waals surface area contributed by atoms with Gasteiger partial charge in [-0.3, -0.25) is 4.79 Å². The summed E-state index contributed by atoms with van der Waals surface area (Å²) >= 11 is 5.91. The van der Waals surface area contributed by atoms with Crippen LogP contribution in [0.25, 0.3) is 0 Å². The fourth-order valence-electron chi connectivity index (χ4n) is 1.94. The minimum atomic E-state index is -0.629. The molecule has 0 saturated heterocycles. The summed E-state index contributed by atoms with van der Waals surface area (Å²) in [6, 6.07) is 16.3. The highest BCUT2D eigenvalue weighted by Gasteiger charge is 2.14. The third-order valence-electron chi connectivity index (χ3n) is 3.04. The van der Waals surface area contributed by atoms with E-state index in [1.165, 1.54) is 0 Å². The van der Waals surface area contributed by atoms with Crippen molar-refractivity contribution in [1.82, 2.24) is 5.32 Å². The molecule has 2 aromatic rings. The molecule has 3 nitrogen and oxygen atoms in total. The van der Waals surface area contributed by atoms with Gasteiger partial charge in [0.15, 0.2) is 0 Å². The van der Waals surface area contributed by atoms with Crippen molar-refractivity contribution < 1.29 is 4.79 Å². The average molecular weight is 289 g/mol. The Morgan fingerprint density at radius 1 is 1.15 bits per heavy atom. The molecular formula is C16H17ClN2O. The SMILES string of the molecule is N[C@@H](C(=O)NCCc1cccc(Cl)c1)c1ccccc1. The number of halogens is 1. The summed E-state index contributed by atoms with van der Waals surface area (Å²) in [7, 11) is 0. The van der Waals surface area contributed by atoms with Gasteiger partial charge in [-0.1, -0.05) is 54.1 Å². The van der Waals surface area contributed by atoms with Crippen LogP contribution in [0, 0.1) is 0 Å². The number of benzene rings is 2. The van der Waals surface area contributed by atoms with E-state index in [-0.39, 0.29) is 5.91 Å². The van der Waals surface area contributed by atoms with Crippen LogP contribution < -0.4 is 11.1 Å². The highest BCUT2D eigenvalue weighted by molar-refractivity contribution is 6.30. The van der Waals surface area contributed by atoms with Crippen molar-refractivity contribution in [2.24, 2.45) is 5.73 Å². The average Bonchev–Trinajstić information content (AvgIpc) is 2.47. The van der Waals surface area contributed by atoms with Crippen LogP contribution in [0.2, 0.25) is 5.02 Å². The van der Waals surface area contributed by atoms with Crippen molar-refractivity contribution in [2.75, 3.05) is 6.54 Å². The summed E-state index contributed by atoms with van der Waals surface area (Å²) in [5, 5.41) is 3.55. The largest absolute Gasteiger partial charge is 0.354 e. The van der Waals surface area contributed by atoms with E-state index in [0.717, 1.165) is 17.5 Å². The van der Waals surface area contributed by atoms with Gasteiger partial charge in [0.05, 0.1) is 0 Å². The Balaban J connectivity index is 1.83. The van der Waals surface area contributed by atoms with Crippen molar-refractivity contribution >= 4 is 17.5 Å². The lowest BCUT2D eigenvalue weighted by Crippen LogP contribution is -2.35. The minimum absolute atomic E-state index is 0.168. The van der Waals surface area contributed by atoms with Gasteiger partial charge in [-0.15, -0.1) is 0 Å². The Hall–Kier alpha value is -1.84. The number of nitrogens with two attached hydrogens (primary N) is 1. The highest BCUT2D eigenvalue weighted by atomic mass is 35.5. The first-order valence-electron chi connectivity index (χ1n) is 6.49. The van der Waals surface area contributed by atoms with Gasteiger partial charge in [0.1, 0.15) is 6.04 Å². The number of carbonyl (C=O) groups excluding carboxylic acids is 1. The zero-order valence-corrected chi connectivity index (χ0v) is 11.8. The predicted octanol–water partition coefficient (Wildman–Crippen LogP) is 2.70. The Labute approximate surface area is 123 Å². The molecule has 2 rings (SSSR count). The second-order valence-corrected chi connectivity index (χ2v) is 5.00. The predicted molar refractivity (Wildman–Crippen MR) is 81.5 cm³/mol. The van der Waals surface area contributed by atoms with E-state index in [2.05, 4.69) is 5.32 Å². The maximum atomic E-state index is 11.9. The van der Waals surface area contributed by atoms with E-state index < -0.39 is 6.04 Å². The first-order chi connectivity index (χ1) is 9.66. The van der Waals surface area contributed by atoms with Gasteiger partial charge in [-0.05, 0) is 29.7 Å². The smallest absolute Gasteiger partial charge is 0.241 e. The molecule has 1 atom stereocenters. The first kappa shape index (κ1) is 14.6. The Bertz CT molecular complexity index is 572. The lowest BCUT2D eigenvalue weighted by atomic mass is 10.1. The fourth-order valence-corrected chi connectivity index (χ4v) is 2.16. The van der Waals surface area contributed by atoms with Crippen LogP contribution in [0.5, 0.6) is 0 Å². The molecule has 3 N–H and O–H groups in total. The zero-order chi connectivity index (χ0) is 14.4. The maximum Gasteiger partial charge on any atom is 0.241 e. The molecule has 0 unspecified atom stereocenters. The standard InChI is InChI=1S/C16H17ClN2O/c17-14-8-4-5-12(11-14)9-10-19-16(20)15(18)13-6-2-1-3-7-13/h1-8,11,15H,9-10,18H2,(H,19,20)/t15-/m1/s1. The molecule has 104 valence electrons. The van der Waals surface area contributed by atoms with Gasteiger partial charge in [0.2, 0.25) is 5.91 Å². The number of carbonyl (C=O) groups is 1. The van der Waals surface area contributed by atoms with Crippen molar-refractivity contribution in [3.05, 3.63) is 70.7 Å². The van der Waals surface area contributed by atoms with Crippen LogP contribution in [-0.4, -0.2) is 12.5 Å². The molecule has 4 heteroatoms. The van der Waals surface area contributed by atoms with Crippen LogP contribution >= 0.6 is 11.6 Å². The Kier molecular flexibility index (Phi) is 5.16. The monoisotopic (exact) mass is 288 g/mol. The van der Waals surface area contributed by atoms with Gasteiger partial charge in [0, 0.05) is 11.6 Å². The molecule has 0 aromatic heterocycles. The summed E-state index contributed by atoms with van der Waals surface area (Å²) < 4.78 is 0. The summed E-state index contributed by atoms with van der Waals surface area (Å²) in [5.41, 5.74) is 7.81. The molecule has 0 aliphatic heterocycles. The van der Waals surface area contributed by atoms with E-state index in [4.69, 9.17) is 17.3 Å². The molecule has 20 heavy (non-hydrogen) atoms. The van der Waals surface area contributed by atoms with Crippen LogP contribution in [-0.2, 0) is 11.2 Å². The summed E-state index contributed by atoms with van der Waals surface area (Å²) in [4.78, 5) is 11.9. The van der Waals surface area contributed by atoms with Gasteiger partial charge < -0.3 is 11.1 Å². The second kappa shape index (κ2) is 7.08. The third kappa shape index (κ3) is 4.08. The number of hydrogen-bond donors (Lipinski definition) is 2. The topological polar surface area (TPSA) is 55.1 Å². The minimum Gasteiger partial charge on any atom is -0.354 e. The van der Waals surface area contributed by atoms with Crippen LogP contribution in [0.1, 0.15) is 17.2 Å². The van der Waals surface area contributed by atoms with Crippen molar-refractivity contribution in [1.29, 1.82) is 0 Å². The van der Waals surface area contributed by atoms with E-state index in [1.54, 1.807) is 0 Å². The Morgan fingerprint density at radius 3 is 2.60 bits per heavy atom.